The number of halogens is 1. The Kier molecular flexibility index (Phi) is 4.72. The van der Waals surface area contributed by atoms with E-state index in [1.807, 2.05) is 30.3 Å². The number of amides is 2. The third kappa shape index (κ3) is 3.75. The van der Waals surface area contributed by atoms with E-state index in [0.717, 1.165) is 10.2 Å². The quantitative estimate of drug-likeness (QED) is 0.688. The first-order chi connectivity index (χ1) is 13.1. The molecule has 0 unspecified atom stereocenters. The molecule has 4 rings (SSSR count). The summed E-state index contributed by atoms with van der Waals surface area (Å²) in [5.41, 5.74) is 1.32. The molecule has 1 aliphatic heterocycles. The van der Waals surface area contributed by atoms with Gasteiger partial charge in [-0.1, -0.05) is 39.2 Å². The van der Waals surface area contributed by atoms with E-state index >= 15 is 0 Å². The summed E-state index contributed by atoms with van der Waals surface area (Å²) in [7, 11) is 0. The summed E-state index contributed by atoms with van der Waals surface area (Å²) in [6, 6.07) is 16.4. The number of anilines is 2. The zero-order chi connectivity index (χ0) is 18.8. The Bertz CT molecular complexity index is 972. The number of benzene rings is 2. The number of carbonyl (C=O) groups excluding carboxylic acids is 2. The summed E-state index contributed by atoms with van der Waals surface area (Å²) >= 11 is 3.32. The first kappa shape index (κ1) is 17.4. The predicted octanol–water partition coefficient (Wildman–Crippen LogP) is 3.60. The maximum atomic E-state index is 12.3. The number of rotatable bonds is 4. The molecule has 1 N–H and O–H groups in total. The number of aromatic nitrogens is 2. The fourth-order valence-electron chi connectivity index (χ4n) is 2.95. The zero-order valence-corrected chi connectivity index (χ0v) is 15.7. The van der Waals surface area contributed by atoms with Crippen LogP contribution >= 0.6 is 15.9 Å². The van der Waals surface area contributed by atoms with E-state index < -0.39 is 0 Å². The van der Waals surface area contributed by atoms with Crippen molar-refractivity contribution in [2.24, 2.45) is 0 Å². The van der Waals surface area contributed by atoms with Crippen LogP contribution in [0.25, 0.3) is 0 Å². The lowest BCUT2D eigenvalue weighted by Gasteiger charge is -2.15. The standard InChI is InChI=1S/C19H15BrN4O3/c20-14-8-6-12(7-9-14)17(26)21-19-23-22-18(27-19)13-10-16(25)24(11-13)15-4-2-1-3-5-15/h1-9,13H,10-11H2,(H,21,23,26)/t13-/m1/s1. The minimum Gasteiger partial charge on any atom is -0.407 e. The van der Waals surface area contributed by atoms with Gasteiger partial charge in [0.2, 0.25) is 11.8 Å². The maximum absolute atomic E-state index is 12.3. The predicted molar refractivity (Wildman–Crippen MR) is 103 cm³/mol. The molecule has 136 valence electrons. The Labute approximate surface area is 163 Å². The van der Waals surface area contributed by atoms with Gasteiger partial charge in [0, 0.05) is 28.7 Å². The van der Waals surface area contributed by atoms with Gasteiger partial charge in [-0.2, -0.15) is 0 Å². The lowest BCUT2D eigenvalue weighted by Crippen LogP contribution is -2.24. The second kappa shape index (κ2) is 7.32. The minimum absolute atomic E-state index is 0.00449. The van der Waals surface area contributed by atoms with Crippen molar-refractivity contribution in [2.45, 2.75) is 12.3 Å². The lowest BCUT2D eigenvalue weighted by atomic mass is 10.1. The highest BCUT2D eigenvalue weighted by Gasteiger charge is 2.35. The second-order valence-corrected chi connectivity index (χ2v) is 7.06. The van der Waals surface area contributed by atoms with E-state index in [9.17, 15) is 9.59 Å². The van der Waals surface area contributed by atoms with Gasteiger partial charge in [0.25, 0.3) is 5.91 Å². The van der Waals surface area contributed by atoms with Gasteiger partial charge in [-0.3, -0.25) is 14.9 Å². The van der Waals surface area contributed by atoms with E-state index in [1.54, 1.807) is 29.2 Å². The summed E-state index contributed by atoms with van der Waals surface area (Å²) in [6.45, 7) is 0.463. The molecule has 3 aromatic rings. The number of para-hydroxylation sites is 1. The van der Waals surface area contributed by atoms with Crippen LogP contribution in [0.2, 0.25) is 0 Å². The van der Waals surface area contributed by atoms with Crippen molar-refractivity contribution in [3.05, 3.63) is 70.5 Å². The first-order valence-electron chi connectivity index (χ1n) is 8.36. The lowest BCUT2D eigenvalue weighted by molar-refractivity contribution is -0.117. The smallest absolute Gasteiger partial charge is 0.322 e. The molecule has 1 fully saturated rings. The van der Waals surface area contributed by atoms with Gasteiger partial charge in [-0.05, 0) is 36.4 Å². The summed E-state index contributed by atoms with van der Waals surface area (Å²) in [6.07, 6.45) is 0.289. The van der Waals surface area contributed by atoms with Crippen molar-refractivity contribution in [1.29, 1.82) is 0 Å². The Morgan fingerprint density at radius 3 is 2.59 bits per heavy atom. The number of hydrogen-bond donors (Lipinski definition) is 1. The van der Waals surface area contributed by atoms with Crippen LogP contribution in [-0.4, -0.2) is 28.6 Å². The fraction of sp³-hybridized carbons (Fsp3) is 0.158. The molecular weight excluding hydrogens is 412 g/mol. The average molecular weight is 427 g/mol. The van der Waals surface area contributed by atoms with Crippen LogP contribution in [-0.2, 0) is 4.79 Å². The molecular formula is C19H15BrN4O3. The Morgan fingerprint density at radius 1 is 1.11 bits per heavy atom. The molecule has 27 heavy (non-hydrogen) atoms. The fourth-order valence-corrected chi connectivity index (χ4v) is 3.22. The van der Waals surface area contributed by atoms with Crippen LogP contribution in [0.5, 0.6) is 0 Å². The van der Waals surface area contributed by atoms with Gasteiger partial charge in [0.1, 0.15) is 0 Å². The molecule has 0 radical (unpaired) electrons. The highest BCUT2D eigenvalue weighted by atomic mass is 79.9. The molecule has 2 heterocycles. The van der Waals surface area contributed by atoms with E-state index in [-0.39, 0.29) is 30.2 Å². The number of nitrogens with zero attached hydrogens (tertiary/aromatic N) is 3. The monoisotopic (exact) mass is 426 g/mol. The molecule has 0 spiro atoms. The average Bonchev–Trinajstić information content (AvgIpc) is 3.29. The van der Waals surface area contributed by atoms with E-state index in [4.69, 9.17) is 4.42 Å². The van der Waals surface area contributed by atoms with Gasteiger partial charge < -0.3 is 9.32 Å². The first-order valence-corrected chi connectivity index (χ1v) is 9.15. The molecule has 2 aromatic carbocycles. The Hall–Kier alpha value is -3.00. The van der Waals surface area contributed by atoms with Gasteiger partial charge in [0.05, 0.1) is 5.92 Å². The van der Waals surface area contributed by atoms with Crippen LogP contribution < -0.4 is 10.2 Å². The molecule has 0 saturated carbocycles. The van der Waals surface area contributed by atoms with Gasteiger partial charge in [-0.15, -0.1) is 5.10 Å². The van der Waals surface area contributed by atoms with Crippen LogP contribution in [0.4, 0.5) is 11.7 Å². The van der Waals surface area contributed by atoms with Crippen molar-refractivity contribution in [2.75, 3.05) is 16.8 Å². The molecule has 8 heteroatoms. The van der Waals surface area contributed by atoms with E-state index in [0.29, 0.717) is 18.0 Å². The molecule has 7 nitrogen and oxygen atoms in total. The Balaban J connectivity index is 1.44. The topological polar surface area (TPSA) is 88.3 Å². The normalized spacial score (nSPS) is 16.6. The van der Waals surface area contributed by atoms with Crippen LogP contribution in [0.1, 0.15) is 28.6 Å². The Morgan fingerprint density at radius 2 is 1.85 bits per heavy atom. The molecule has 1 aliphatic rings. The van der Waals surface area contributed by atoms with E-state index in [1.165, 1.54) is 0 Å². The second-order valence-electron chi connectivity index (χ2n) is 6.15. The van der Waals surface area contributed by atoms with E-state index in [2.05, 4.69) is 31.4 Å². The van der Waals surface area contributed by atoms with Crippen molar-refractivity contribution < 1.29 is 14.0 Å². The largest absolute Gasteiger partial charge is 0.407 e. The molecule has 0 aliphatic carbocycles. The maximum Gasteiger partial charge on any atom is 0.322 e. The van der Waals surface area contributed by atoms with Crippen molar-refractivity contribution in [3.63, 3.8) is 0 Å². The van der Waals surface area contributed by atoms with Gasteiger partial charge in [-0.25, -0.2) is 0 Å². The number of nitrogens with one attached hydrogen (secondary N) is 1. The molecule has 1 saturated heterocycles. The SMILES string of the molecule is O=C(Nc1nnc([C@@H]2CC(=O)N(c3ccccc3)C2)o1)c1ccc(Br)cc1. The number of carbonyl (C=O) groups is 2. The summed E-state index contributed by atoms with van der Waals surface area (Å²) < 4.78 is 6.46. The molecule has 1 atom stereocenters. The summed E-state index contributed by atoms with van der Waals surface area (Å²) in [5, 5.41) is 10.5. The van der Waals surface area contributed by atoms with Crippen LogP contribution in [0, 0.1) is 0 Å². The highest BCUT2D eigenvalue weighted by Crippen LogP contribution is 2.31. The third-order valence-corrected chi connectivity index (χ3v) is 4.84. The summed E-state index contributed by atoms with van der Waals surface area (Å²) in [4.78, 5) is 26.2. The zero-order valence-electron chi connectivity index (χ0n) is 14.1. The van der Waals surface area contributed by atoms with Crippen LogP contribution in [0.3, 0.4) is 0 Å². The molecule has 0 bridgehead atoms. The van der Waals surface area contributed by atoms with Gasteiger partial charge in [0.15, 0.2) is 0 Å². The van der Waals surface area contributed by atoms with Crippen molar-refractivity contribution in [3.8, 4) is 0 Å². The van der Waals surface area contributed by atoms with Crippen molar-refractivity contribution >= 4 is 39.4 Å². The van der Waals surface area contributed by atoms with Gasteiger partial charge >= 0.3 is 6.01 Å². The number of hydrogen-bond acceptors (Lipinski definition) is 5. The van der Waals surface area contributed by atoms with Crippen LogP contribution in [0.15, 0.2) is 63.5 Å². The summed E-state index contributed by atoms with van der Waals surface area (Å²) in [5.74, 6) is -0.201. The minimum atomic E-state index is -0.342. The molecule has 1 aromatic heterocycles. The highest BCUT2D eigenvalue weighted by molar-refractivity contribution is 9.10. The molecule has 2 amide bonds. The van der Waals surface area contributed by atoms with Crippen molar-refractivity contribution in [1.82, 2.24) is 10.2 Å². The third-order valence-electron chi connectivity index (χ3n) is 4.31.